The molecule has 0 aliphatic rings. The van der Waals surface area contributed by atoms with Gasteiger partial charge in [0.15, 0.2) is 6.04 Å². The third-order valence-electron chi connectivity index (χ3n) is 5.77. The Labute approximate surface area is 236 Å². The van der Waals surface area contributed by atoms with Crippen molar-refractivity contribution in [3.8, 4) is 0 Å². The molecule has 10 heteroatoms. The van der Waals surface area contributed by atoms with E-state index in [9.17, 15) is 24.3 Å². The van der Waals surface area contributed by atoms with E-state index in [4.69, 9.17) is 9.57 Å². The monoisotopic (exact) mass is 555 g/mol. The summed E-state index contributed by atoms with van der Waals surface area (Å²) in [6.07, 6.45) is 3.12. The van der Waals surface area contributed by atoms with E-state index in [0.29, 0.717) is 42.7 Å². The highest BCUT2D eigenvalue weighted by atomic mass is 16.6. The minimum atomic E-state index is -1.24. The fraction of sp³-hybridized carbons (Fsp3) is 0.467. The second-order valence-corrected chi connectivity index (χ2v) is 10.4. The van der Waals surface area contributed by atoms with Gasteiger partial charge in [-0.05, 0) is 63.8 Å². The van der Waals surface area contributed by atoms with Crippen molar-refractivity contribution in [3.63, 3.8) is 0 Å². The first-order chi connectivity index (χ1) is 19.0. The van der Waals surface area contributed by atoms with Crippen molar-refractivity contribution in [1.29, 1.82) is 0 Å². The van der Waals surface area contributed by atoms with E-state index in [1.807, 2.05) is 0 Å². The lowest BCUT2D eigenvalue weighted by molar-refractivity contribution is -0.143. The molecular formula is C30H41N3O7. The van der Waals surface area contributed by atoms with Gasteiger partial charge in [0.1, 0.15) is 5.60 Å². The van der Waals surface area contributed by atoms with Gasteiger partial charge < -0.3 is 15.2 Å². The summed E-state index contributed by atoms with van der Waals surface area (Å²) in [6.45, 7) is 7.39. The van der Waals surface area contributed by atoms with E-state index >= 15 is 0 Å². The third-order valence-corrected chi connectivity index (χ3v) is 5.77. The number of aliphatic carboxylic acids is 1. The molecule has 0 saturated heterocycles. The number of ether oxygens (including phenoxy) is 1. The Kier molecular flexibility index (Phi) is 13.1. The summed E-state index contributed by atoms with van der Waals surface area (Å²) in [5.41, 5.74) is 3.29. The molecule has 218 valence electrons. The number of carbonyl (C=O) groups excluding carboxylic acids is 3. The van der Waals surface area contributed by atoms with Crippen LogP contribution in [0.4, 0.5) is 10.5 Å². The second kappa shape index (κ2) is 16.2. The molecule has 1 atom stereocenters. The molecule has 0 fully saturated rings. The Morgan fingerprint density at radius 3 is 2.02 bits per heavy atom. The Morgan fingerprint density at radius 2 is 1.48 bits per heavy atom. The van der Waals surface area contributed by atoms with Crippen LogP contribution in [0.5, 0.6) is 0 Å². The first-order valence-corrected chi connectivity index (χ1v) is 13.6. The van der Waals surface area contributed by atoms with Gasteiger partial charge in [0.2, 0.25) is 11.8 Å². The summed E-state index contributed by atoms with van der Waals surface area (Å²) in [5, 5.41) is 12.9. The molecular weight excluding hydrogens is 514 g/mol. The molecule has 0 saturated carbocycles. The zero-order valence-corrected chi connectivity index (χ0v) is 23.8. The predicted octanol–water partition coefficient (Wildman–Crippen LogP) is 5.60. The highest BCUT2D eigenvalue weighted by Crippen LogP contribution is 2.26. The second-order valence-electron chi connectivity index (χ2n) is 10.4. The summed E-state index contributed by atoms with van der Waals surface area (Å²) >= 11 is 0. The van der Waals surface area contributed by atoms with Crippen molar-refractivity contribution in [2.45, 2.75) is 84.4 Å². The molecule has 0 radical (unpaired) electrons. The molecule has 3 N–H and O–H groups in total. The molecule has 2 rings (SSSR count). The molecule has 0 spiro atoms. The van der Waals surface area contributed by atoms with Gasteiger partial charge in [-0.1, -0.05) is 55.3 Å². The number of anilines is 1. The van der Waals surface area contributed by atoms with Crippen molar-refractivity contribution in [3.05, 3.63) is 65.7 Å². The Bertz CT molecular complexity index is 1100. The Morgan fingerprint density at radius 1 is 0.875 bits per heavy atom. The SMILES string of the molecule is CCONC(=O)CCCCCCC(=O)Nc1ccc(CN(C(=O)OC(C)(C)C)[C@H](C(=O)O)c2ccccc2)cc1. The van der Waals surface area contributed by atoms with Crippen LogP contribution in [-0.4, -0.2) is 46.1 Å². The zero-order chi connectivity index (χ0) is 29.5. The van der Waals surface area contributed by atoms with Crippen LogP contribution >= 0.6 is 0 Å². The lowest BCUT2D eigenvalue weighted by Gasteiger charge is -2.31. The third kappa shape index (κ3) is 11.9. The Hall–Kier alpha value is -3.92. The van der Waals surface area contributed by atoms with Crippen molar-refractivity contribution in [2.75, 3.05) is 11.9 Å². The Balaban J connectivity index is 1.95. The molecule has 0 aliphatic heterocycles. The highest BCUT2D eigenvalue weighted by molar-refractivity contribution is 5.90. The maximum atomic E-state index is 13.1. The standard InChI is InChI=1S/C30H41N3O7/c1-5-39-32-26(35)16-12-7-6-11-15-25(34)31-24-19-17-22(18-20-24)21-33(29(38)40-30(2,3)4)27(28(36)37)23-13-9-8-10-14-23/h8-10,13-14,17-20,27H,5-7,11-12,15-16,21H2,1-4H3,(H,31,34)(H,32,35)(H,36,37)/t27-/m0/s1. The number of carboxylic acid groups (broad SMARTS) is 1. The lowest BCUT2D eigenvalue weighted by Crippen LogP contribution is -2.41. The van der Waals surface area contributed by atoms with Crippen molar-refractivity contribution in [2.24, 2.45) is 0 Å². The van der Waals surface area contributed by atoms with Gasteiger partial charge in [0.05, 0.1) is 13.2 Å². The summed E-state index contributed by atoms with van der Waals surface area (Å²) in [5.74, 6) is -1.43. The number of hydroxylamine groups is 1. The average Bonchev–Trinajstić information content (AvgIpc) is 2.89. The van der Waals surface area contributed by atoms with Crippen molar-refractivity contribution < 1.29 is 33.9 Å². The largest absolute Gasteiger partial charge is 0.479 e. The van der Waals surface area contributed by atoms with Gasteiger partial charge in [0.25, 0.3) is 0 Å². The maximum absolute atomic E-state index is 13.1. The summed E-state index contributed by atoms with van der Waals surface area (Å²) in [6, 6.07) is 14.2. The summed E-state index contributed by atoms with van der Waals surface area (Å²) < 4.78 is 5.53. The van der Waals surface area contributed by atoms with E-state index in [-0.39, 0.29) is 18.4 Å². The lowest BCUT2D eigenvalue weighted by atomic mass is 10.0. The topological polar surface area (TPSA) is 134 Å². The van der Waals surface area contributed by atoms with Crippen LogP contribution in [0.1, 0.15) is 83.4 Å². The van der Waals surface area contributed by atoms with Crippen LogP contribution in [0, 0.1) is 0 Å². The van der Waals surface area contributed by atoms with Crippen LogP contribution < -0.4 is 10.8 Å². The predicted molar refractivity (Wildman–Crippen MR) is 151 cm³/mol. The fourth-order valence-corrected chi connectivity index (χ4v) is 3.92. The molecule has 0 aliphatic carbocycles. The number of benzene rings is 2. The van der Waals surface area contributed by atoms with Gasteiger partial charge >= 0.3 is 12.1 Å². The highest BCUT2D eigenvalue weighted by Gasteiger charge is 2.34. The van der Waals surface area contributed by atoms with Gasteiger partial charge in [-0.3, -0.25) is 19.3 Å². The van der Waals surface area contributed by atoms with Gasteiger partial charge in [-0.25, -0.2) is 15.1 Å². The smallest absolute Gasteiger partial charge is 0.411 e. The number of nitrogens with zero attached hydrogens (tertiary/aromatic N) is 1. The number of hydrogen-bond acceptors (Lipinski definition) is 6. The first kappa shape index (κ1) is 32.3. The molecule has 0 unspecified atom stereocenters. The van der Waals surface area contributed by atoms with E-state index < -0.39 is 23.7 Å². The van der Waals surface area contributed by atoms with Gasteiger partial charge in [0, 0.05) is 18.5 Å². The first-order valence-electron chi connectivity index (χ1n) is 13.6. The van der Waals surface area contributed by atoms with Crippen molar-refractivity contribution in [1.82, 2.24) is 10.4 Å². The molecule has 40 heavy (non-hydrogen) atoms. The number of rotatable bonds is 15. The molecule has 0 heterocycles. The fourth-order valence-electron chi connectivity index (χ4n) is 3.92. The molecule has 10 nitrogen and oxygen atoms in total. The summed E-state index contributed by atoms with van der Waals surface area (Å²) in [4.78, 5) is 55.3. The van der Waals surface area contributed by atoms with Crippen LogP contribution in [0.25, 0.3) is 0 Å². The molecule has 2 aromatic rings. The van der Waals surface area contributed by atoms with Crippen LogP contribution in [0.15, 0.2) is 54.6 Å². The maximum Gasteiger partial charge on any atom is 0.411 e. The van der Waals surface area contributed by atoms with Crippen molar-refractivity contribution >= 4 is 29.6 Å². The minimum absolute atomic E-state index is 0.00239. The van der Waals surface area contributed by atoms with Crippen LogP contribution in [0.2, 0.25) is 0 Å². The summed E-state index contributed by atoms with van der Waals surface area (Å²) in [7, 11) is 0. The number of unbranched alkanes of at least 4 members (excludes halogenated alkanes) is 3. The number of carboxylic acids is 1. The number of amides is 3. The molecule has 0 aromatic heterocycles. The quantitative estimate of drug-likeness (QED) is 0.192. The van der Waals surface area contributed by atoms with E-state index in [1.54, 1.807) is 82.3 Å². The number of carbonyl (C=O) groups is 4. The molecule has 3 amide bonds. The molecule has 0 bridgehead atoms. The average molecular weight is 556 g/mol. The van der Waals surface area contributed by atoms with E-state index in [1.165, 1.54) is 4.90 Å². The minimum Gasteiger partial charge on any atom is -0.479 e. The number of hydrogen-bond donors (Lipinski definition) is 3. The molecule has 2 aromatic carbocycles. The van der Waals surface area contributed by atoms with Crippen LogP contribution in [0.3, 0.4) is 0 Å². The van der Waals surface area contributed by atoms with Crippen LogP contribution in [-0.2, 0) is 30.5 Å². The normalized spacial score (nSPS) is 11.8. The van der Waals surface area contributed by atoms with E-state index in [0.717, 1.165) is 19.3 Å². The van der Waals surface area contributed by atoms with Gasteiger partial charge in [-0.15, -0.1) is 0 Å². The number of nitrogens with one attached hydrogen (secondary N) is 2. The van der Waals surface area contributed by atoms with E-state index in [2.05, 4.69) is 10.8 Å². The van der Waals surface area contributed by atoms with Gasteiger partial charge in [-0.2, -0.15) is 0 Å². The zero-order valence-electron chi connectivity index (χ0n) is 23.8.